The summed E-state index contributed by atoms with van der Waals surface area (Å²) in [7, 11) is 0. The van der Waals surface area contributed by atoms with Crippen LogP contribution in [-0.4, -0.2) is 14.1 Å². The van der Waals surface area contributed by atoms with Crippen LogP contribution in [0.2, 0.25) is 0 Å². The second kappa shape index (κ2) is 16.6. The summed E-state index contributed by atoms with van der Waals surface area (Å²) in [6.07, 6.45) is 7.93. The van der Waals surface area contributed by atoms with Crippen LogP contribution in [0.1, 0.15) is 129 Å². The molecule has 0 amide bonds. The number of rotatable bonds is 9. The summed E-state index contributed by atoms with van der Waals surface area (Å²) < 4.78 is 13.7. The third-order valence-electron chi connectivity index (χ3n) is 13.9. The maximum Gasteiger partial charge on any atom is 0.269 e. The zero-order valence-corrected chi connectivity index (χ0v) is 41.8. The van der Waals surface area contributed by atoms with Crippen molar-refractivity contribution in [2.45, 2.75) is 117 Å². The molecule has 0 aliphatic carbocycles. The molecule has 9 rings (SSSR count). The smallest absolute Gasteiger partial charge is 0.269 e. The lowest BCUT2D eigenvalue weighted by Crippen LogP contribution is -2.38. The summed E-state index contributed by atoms with van der Waals surface area (Å²) in [4.78, 5) is 5.02. The van der Waals surface area contributed by atoms with Crippen LogP contribution in [0.3, 0.4) is 0 Å². The monoisotopic (exact) mass is 883 g/mol. The molecule has 0 aliphatic heterocycles. The minimum atomic E-state index is -0.334. The van der Waals surface area contributed by atoms with Gasteiger partial charge in [0.1, 0.15) is 17.3 Å². The molecule has 67 heavy (non-hydrogen) atoms. The number of fused-ring (bicyclic) bond motifs is 3. The Kier molecular flexibility index (Phi) is 11.2. The lowest BCUT2D eigenvalue weighted by molar-refractivity contribution is -0.611. The van der Waals surface area contributed by atoms with Crippen molar-refractivity contribution in [3.8, 4) is 28.7 Å². The van der Waals surface area contributed by atoms with E-state index in [2.05, 4.69) is 268 Å². The molecule has 0 spiro atoms. The Bertz CT molecular complexity index is 3240. The van der Waals surface area contributed by atoms with Gasteiger partial charge < -0.3 is 4.74 Å². The molecule has 3 aromatic heterocycles. The first kappa shape index (κ1) is 45.4. The van der Waals surface area contributed by atoms with E-state index in [1.807, 2.05) is 6.20 Å². The zero-order valence-electron chi connectivity index (χ0n) is 41.8. The van der Waals surface area contributed by atoms with Crippen LogP contribution in [-0.2, 0) is 27.1 Å². The molecule has 0 bridgehead atoms. The van der Waals surface area contributed by atoms with Crippen molar-refractivity contribution < 1.29 is 9.30 Å². The van der Waals surface area contributed by atoms with E-state index in [0.29, 0.717) is 0 Å². The van der Waals surface area contributed by atoms with Crippen LogP contribution in [0.15, 0.2) is 164 Å². The molecule has 0 saturated carbocycles. The lowest BCUT2D eigenvalue weighted by Gasteiger charge is -2.27. The summed E-state index contributed by atoms with van der Waals surface area (Å²) in [6, 6.07) is 54.9. The molecule has 340 valence electrons. The highest BCUT2D eigenvalue weighted by Gasteiger charge is 2.28. The van der Waals surface area contributed by atoms with E-state index in [1.165, 1.54) is 33.2 Å². The molecular formula is C62H66N4O. The Morgan fingerprint density at radius 1 is 0.463 bits per heavy atom. The van der Waals surface area contributed by atoms with Crippen molar-refractivity contribution in [3.05, 3.63) is 209 Å². The number of hydrogen-bond acceptors (Lipinski definition) is 2. The average Bonchev–Trinajstić information content (AvgIpc) is 3.90. The zero-order chi connectivity index (χ0) is 47.7. The van der Waals surface area contributed by atoms with E-state index in [1.54, 1.807) is 0 Å². The fourth-order valence-corrected chi connectivity index (χ4v) is 9.37. The van der Waals surface area contributed by atoms with Crippen molar-refractivity contribution >= 4 is 21.8 Å². The van der Waals surface area contributed by atoms with Crippen molar-refractivity contribution in [1.82, 2.24) is 14.1 Å². The standard InChI is InChI=1S/C62H66N4O/c1-58(2,3)42-24-27-48(28-25-42)65-41-64(40-56(65)60(7,8)9)49-34-47(62(12,13)44-22-18-15-19-23-44)35-51(38-49)67-50-29-30-52-53-36-46(61(10,11)43-20-16-14-17-21-43)26-31-54(53)66(55(52)39-50)57-37-45(32-33-63-57)59(4,5)6/h14-40H,1-13H3. The molecule has 0 radical (unpaired) electrons. The Labute approximate surface area is 398 Å². The van der Waals surface area contributed by atoms with Gasteiger partial charge in [-0.15, -0.1) is 0 Å². The predicted octanol–water partition coefficient (Wildman–Crippen LogP) is 15.4. The first-order valence-electron chi connectivity index (χ1n) is 23.8. The fourth-order valence-electron chi connectivity index (χ4n) is 9.37. The number of aromatic nitrogens is 4. The summed E-state index contributed by atoms with van der Waals surface area (Å²) >= 11 is 0. The number of imidazole rings is 1. The molecule has 5 heteroatoms. The average molecular weight is 883 g/mol. The van der Waals surface area contributed by atoms with Gasteiger partial charge in [0.15, 0.2) is 0 Å². The fraction of sp³-hybridized carbons (Fsp3) is 0.290. The Morgan fingerprint density at radius 3 is 1.69 bits per heavy atom. The Balaban J connectivity index is 1.21. The van der Waals surface area contributed by atoms with Gasteiger partial charge in [-0.2, -0.15) is 0 Å². The molecule has 0 N–H and O–H groups in total. The molecule has 3 heterocycles. The summed E-state index contributed by atoms with van der Waals surface area (Å²) in [5, 5.41) is 2.33. The van der Waals surface area contributed by atoms with Crippen LogP contribution < -0.4 is 9.30 Å². The Hall–Kier alpha value is -6.72. The number of hydrogen-bond donors (Lipinski definition) is 0. The topological polar surface area (TPSA) is 35.9 Å². The van der Waals surface area contributed by atoms with Crippen LogP contribution in [0.25, 0.3) is 39.0 Å². The third-order valence-corrected chi connectivity index (χ3v) is 13.9. The number of pyridine rings is 1. The molecular weight excluding hydrogens is 817 g/mol. The first-order chi connectivity index (χ1) is 31.6. The van der Waals surface area contributed by atoms with Gasteiger partial charge in [-0.3, -0.25) is 13.7 Å². The van der Waals surface area contributed by atoms with E-state index in [9.17, 15) is 0 Å². The van der Waals surface area contributed by atoms with Crippen LogP contribution >= 0.6 is 0 Å². The molecule has 0 atom stereocenters. The van der Waals surface area contributed by atoms with Gasteiger partial charge in [-0.25, -0.2) is 4.98 Å². The van der Waals surface area contributed by atoms with Crippen LogP contribution in [0.5, 0.6) is 11.5 Å². The van der Waals surface area contributed by atoms with Gasteiger partial charge >= 0.3 is 0 Å². The molecule has 0 saturated heterocycles. The van der Waals surface area contributed by atoms with E-state index in [4.69, 9.17) is 9.72 Å². The van der Waals surface area contributed by atoms with E-state index >= 15 is 0 Å². The van der Waals surface area contributed by atoms with Gasteiger partial charge in [0.25, 0.3) is 6.33 Å². The van der Waals surface area contributed by atoms with Gasteiger partial charge in [-0.1, -0.05) is 169 Å². The molecule has 0 fully saturated rings. The molecule has 0 aliphatic rings. The normalized spacial score (nSPS) is 12.9. The molecule has 6 aromatic carbocycles. The highest BCUT2D eigenvalue weighted by Crippen LogP contribution is 2.41. The minimum absolute atomic E-state index is 0.0468. The van der Waals surface area contributed by atoms with Crippen LogP contribution in [0, 0.1) is 6.33 Å². The van der Waals surface area contributed by atoms with Crippen molar-refractivity contribution in [2.24, 2.45) is 0 Å². The SMILES string of the molecule is CC(C)(C)c1ccc(-[n+]2[c-]n(-c3cc(Oc4ccc5c6cc(C(C)(C)c7ccccc7)ccc6n(-c6cc(C(C)(C)C)ccn6)c5c4)cc(C(C)(C)c4ccccc4)c3)cc2C(C)(C)C)cc1. The second-order valence-corrected chi connectivity index (χ2v) is 22.6. The van der Waals surface area contributed by atoms with Gasteiger partial charge in [0.05, 0.1) is 28.1 Å². The maximum atomic E-state index is 7.09. The highest BCUT2D eigenvalue weighted by molar-refractivity contribution is 6.10. The van der Waals surface area contributed by atoms with Crippen molar-refractivity contribution in [1.29, 1.82) is 0 Å². The molecule has 0 unspecified atom stereocenters. The Morgan fingerprint density at radius 2 is 1.07 bits per heavy atom. The van der Waals surface area contributed by atoms with Gasteiger partial charge in [0, 0.05) is 40.1 Å². The number of ether oxygens (including phenoxy) is 1. The van der Waals surface area contributed by atoms with Gasteiger partial charge in [0.2, 0.25) is 0 Å². The maximum absolute atomic E-state index is 7.09. The van der Waals surface area contributed by atoms with E-state index in [0.717, 1.165) is 56.4 Å². The highest BCUT2D eigenvalue weighted by atomic mass is 16.5. The molecule has 5 nitrogen and oxygen atoms in total. The third kappa shape index (κ3) is 8.73. The van der Waals surface area contributed by atoms with Crippen LogP contribution in [0.4, 0.5) is 0 Å². The first-order valence-corrected chi connectivity index (χ1v) is 23.8. The molecule has 9 aromatic rings. The van der Waals surface area contributed by atoms with Crippen molar-refractivity contribution in [2.75, 3.05) is 0 Å². The largest absolute Gasteiger partial charge is 0.458 e. The number of nitrogens with zero attached hydrogens (tertiary/aromatic N) is 4. The minimum Gasteiger partial charge on any atom is -0.458 e. The number of benzene rings is 6. The van der Waals surface area contributed by atoms with Gasteiger partial charge in [-0.05, 0) is 116 Å². The quantitative estimate of drug-likeness (QED) is 0.107. The summed E-state index contributed by atoms with van der Waals surface area (Å²) in [5.41, 5.74) is 12.1. The lowest BCUT2D eigenvalue weighted by atomic mass is 9.78. The van der Waals surface area contributed by atoms with E-state index in [-0.39, 0.29) is 27.1 Å². The van der Waals surface area contributed by atoms with E-state index < -0.39 is 0 Å². The summed E-state index contributed by atoms with van der Waals surface area (Å²) in [5.74, 6) is 2.38. The second-order valence-electron chi connectivity index (χ2n) is 22.6. The predicted molar refractivity (Wildman–Crippen MR) is 278 cm³/mol. The van der Waals surface area contributed by atoms with Crippen molar-refractivity contribution in [3.63, 3.8) is 0 Å². The summed E-state index contributed by atoms with van der Waals surface area (Å²) in [6.45, 7) is 29.5.